The molecule has 0 amide bonds. The van der Waals surface area contributed by atoms with Crippen LogP contribution in [0.15, 0.2) is 12.1 Å². The van der Waals surface area contributed by atoms with E-state index in [1.807, 2.05) is 11.6 Å². The molecule has 98 valence electrons. The number of benzene rings is 1. The molecule has 0 saturated heterocycles. The van der Waals surface area contributed by atoms with Crippen LogP contribution in [0.5, 0.6) is 0 Å². The molecule has 2 aromatic rings. The first-order chi connectivity index (χ1) is 9.11. The third kappa shape index (κ3) is 2.02. The molecule has 0 spiro atoms. The lowest BCUT2D eigenvalue weighted by atomic mass is 10.0. The van der Waals surface area contributed by atoms with E-state index < -0.39 is 0 Å². The van der Waals surface area contributed by atoms with Crippen LogP contribution in [0.3, 0.4) is 0 Å². The fraction of sp³-hybridized carbons (Fsp3) is 0.438. The second kappa shape index (κ2) is 4.40. The standard InChI is InChI=1S/C16H19N3/c1-10-6-11(2)16-13(9-18-12-4-5-12)15(8-17)19(3)14(16)7-10/h6-7,12,18H,4-5,9H2,1-3H3. The van der Waals surface area contributed by atoms with Gasteiger partial charge in [-0.2, -0.15) is 5.26 Å². The Labute approximate surface area is 113 Å². The van der Waals surface area contributed by atoms with Crippen molar-refractivity contribution in [2.45, 2.75) is 39.3 Å². The highest BCUT2D eigenvalue weighted by atomic mass is 15.0. The lowest BCUT2D eigenvalue weighted by molar-refractivity contribution is 0.687. The van der Waals surface area contributed by atoms with Gasteiger partial charge in [0, 0.05) is 36.1 Å². The summed E-state index contributed by atoms with van der Waals surface area (Å²) in [5, 5.41) is 14.2. The van der Waals surface area contributed by atoms with Gasteiger partial charge in [0.05, 0.1) is 0 Å². The second-order valence-corrected chi connectivity index (χ2v) is 5.63. The predicted molar refractivity (Wildman–Crippen MR) is 77.0 cm³/mol. The normalized spacial score (nSPS) is 14.8. The quantitative estimate of drug-likeness (QED) is 0.913. The van der Waals surface area contributed by atoms with Crippen LogP contribution in [-0.4, -0.2) is 10.6 Å². The number of fused-ring (bicyclic) bond motifs is 1. The number of rotatable bonds is 3. The summed E-state index contributed by atoms with van der Waals surface area (Å²) in [4.78, 5) is 0. The fourth-order valence-electron chi connectivity index (χ4n) is 2.89. The predicted octanol–water partition coefficient (Wildman–Crippen LogP) is 2.92. The van der Waals surface area contributed by atoms with Gasteiger partial charge in [-0.25, -0.2) is 0 Å². The first-order valence-electron chi connectivity index (χ1n) is 6.84. The molecule has 1 aliphatic carbocycles. The first kappa shape index (κ1) is 12.3. The summed E-state index contributed by atoms with van der Waals surface area (Å²) in [6, 6.07) is 7.40. The second-order valence-electron chi connectivity index (χ2n) is 5.63. The van der Waals surface area contributed by atoms with Crippen LogP contribution >= 0.6 is 0 Å². The van der Waals surface area contributed by atoms with E-state index in [9.17, 15) is 5.26 Å². The minimum Gasteiger partial charge on any atom is -0.335 e. The van der Waals surface area contributed by atoms with Gasteiger partial charge in [-0.05, 0) is 43.9 Å². The molecule has 1 fully saturated rings. The number of aryl methyl sites for hydroxylation is 3. The molecular formula is C16H19N3. The van der Waals surface area contributed by atoms with E-state index in [4.69, 9.17) is 0 Å². The van der Waals surface area contributed by atoms with Crippen molar-refractivity contribution < 1.29 is 0 Å². The Bertz CT molecular complexity index is 684. The molecule has 0 aliphatic heterocycles. The van der Waals surface area contributed by atoms with Gasteiger partial charge in [-0.3, -0.25) is 0 Å². The number of nitrogens with zero attached hydrogens (tertiary/aromatic N) is 2. The molecule has 1 aromatic carbocycles. The Morgan fingerprint density at radius 1 is 1.37 bits per heavy atom. The SMILES string of the molecule is Cc1cc(C)c2c(CNC3CC3)c(C#N)n(C)c2c1. The van der Waals surface area contributed by atoms with E-state index in [1.54, 1.807) is 0 Å². The minimum absolute atomic E-state index is 0.660. The largest absolute Gasteiger partial charge is 0.335 e. The molecule has 0 atom stereocenters. The van der Waals surface area contributed by atoms with Gasteiger partial charge < -0.3 is 9.88 Å². The average Bonchev–Trinajstić information content (AvgIpc) is 3.14. The summed E-state index contributed by atoms with van der Waals surface area (Å²) in [5.41, 5.74) is 5.62. The first-order valence-corrected chi connectivity index (χ1v) is 6.84. The van der Waals surface area contributed by atoms with Crippen LogP contribution in [0, 0.1) is 25.2 Å². The van der Waals surface area contributed by atoms with Crippen LogP contribution in [0.2, 0.25) is 0 Å². The number of nitrogens with one attached hydrogen (secondary N) is 1. The van der Waals surface area contributed by atoms with Crippen LogP contribution in [0.4, 0.5) is 0 Å². The topological polar surface area (TPSA) is 40.8 Å². The fourth-order valence-corrected chi connectivity index (χ4v) is 2.89. The average molecular weight is 253 g/mol. The Kier molecular flexibility index (Phi) is 2.83. The van der Waals surface area contributed by atoms with Gasteiger partial charge in [0.25, 0.3) is 0 Å². The zero-order chi connectivity index (χ0) is 13.6. The molecule has 19 heavy (non-hydrogen) atoms. The lowest BCUT2D eigenvalue weighted by Crippen LogP contribution is -2.16. The Morgan fingerprint density at radius 2 is 2.11 bits per heavy atom. The number of nitriles is 1. The van der Waals surface area contributed by atoms with Crippen LogP contribution < -0.4 is 5.32 Å². The molecule has 0 radical (unpaired) electrons. The molecule has 3 rings (SSSR count). The molecule has 1 saturated carbocycles. The third-order valence-corrected chi connectivity index (χ3v) is 3.99. The van der Waals surface area contributed by atoms with E-state index in [0.717, 1.165) is 17.8 Å². The summed E-state index contributed by atoms with van der Waals surface area (Å²) >= 11 is 0. The van der Waals surface area contributed by atoms with Gasteiger partial charge in [-0.15, -0.1) is 0 Å². The summed E-state index contributed by atoms with van der Waals surface area (Å²) < 4.78 is 2.03. The van der Waals surface area contributed by atoms with Crippen molar-refractivity contribution in [1.29, 1.82) is 5.26 Å². The number of hydrogen-bond donors (Lipinski definition) is 1. The van der Waals surface area contributed by atoms with Crippen LogP contribution in [0.25, 0.3) is 10.9 Å². The zero-order valence-electron chi connectivity index (χ0n) is 11.7. The zero-order valence-corrected chi connectivity index (χ0v) is 11.7. The van der Waals surface area contributed by atoms with E-state index in [-0.39, 0.29) is 0 Å². The Balaban J connectivity index is 2.19. The van der Waals surface area contributed by atoms with Crippen molar-refractivity contribution in [3.63, 3.8) is 0 Å². The summed E-state index contributed by atoms with van der Waals surface area (Å²) in [6.07, 6.45) is 2.54. The number of aromatic nitrogens is 1. The van der Waals surface area contributed by atoms with E-state index in [1.165, 1.54) is 34.9 Å². The lowest BCUT2D eigenvalue weighted by Gasteiger charge is -2.05. The van der Waals surface area contributed by atoms with Gasteiger partial charge in [-0.1, -0.05) is 6.07 Å². The molecule has 1 aliphatic rings. The van der Waals surface area contributed by atoms with Gasteiger partial charge >= 0.3 is 0 Å². The minimum atomic E-state index is 0.660. The van der Waals surface area contributed by atoms with E-state index in [2.05, 4.69) is 37.4 Å². The number of hydrogen-bond acceptors (Lipinski definition) is 2. The summed E-state index contributed by atoms with van der Waals surface area (Å²) in [7, 11) is 1.99. The molecular weight excluding hydrogens is 234 g/mol. The highest BCUT2D eigenvalue weighted by Crippen LogP contribution is 2.30. The molecule has 1 heterocycles. The maximum atomic E-state index is 9.44. The molecule has 3 heteroatoms. The third-order valence-electron chi connectivity index (χ3n) is 3.99. The van der Waals surface area contributed by atoms with Crippen molar-refractivity contribution in [1.82, 2.24) is 9.88 Å². The molecule has 1 N–H and O–H groups in total. The Hall–Kier alpha value is -1.79. The summed E-state index contributed by atoms with van der Waals surface area (Å²) in [5.74, 6) is 0. The van der Waals surface area contributed by atoms with Crippen molar-refractivity contribution >= 4 is 10.9 Å². The van der Waals surface area contributed by atoms with Crippen molar-refractivity contribution in [2.24, 2.45) is 7.05 Å². The van der Waals surface area contributed by atoms with Crippen molar-refractivity contribution in [2.75, 3.05) is 0 Å². The Morgan fingerprint density at radius 3 is 2.74 bits per heavy atom. The maximum Gasteiger partial charge on any atom is 0.125 e. The molecule has 0 unspecified atom stereocenters. The highest BCUT2D eigenvalue weighted by molar-refractivity contribution is 5.90. The van der Waals surface area contributed by atoms with Crippen molar-refractivity contribution in [3.8, 4) is 6.07 Å². The molecule has 3 nitrogen and oxygen atoms in total. The molecule has 0 bridgehead atoms. The van der Waals surface area contributed by atoms with Gasteiger partial charge in [0.15, 0.2) is 0 Å². The van der Waals surface area contributed by atoms with E-state index >= 15 is 0 Å². The van der Waals surface area contributed by atoms with Gasteiger partial charge in [0.2, 0.25) is 0 Å². The monoisotopic (exact) mass is 253 g/mol. The smallest absolute Gasteiger partial charge is 0.125 e. The van der Waals surface area contributed by atoms with Crippen LogP contribution in [0.1, 0.15) is 35.2 Å². The maximum absolute atomic E-state index is 9.44. The van der Waals surface area contributed by atoms with Crippen LogP contribution in [-0.2, 0) is 13.6 Å². The van der Waals surface area contributed by atoms with E-state index in [0.29, 0.717) is 6.04 Å². The van der Waals surface area contributed by atoms with Gasteiger partial charge in [0.1, 0.15) is 11.8 Å². The summed E-state index contributed by atoms with van der Waals surface area (Å²) in [6.45, 7) is 5.04. The highest BCUT2D eigenvalue weighted by Gasteiger charge is 2.23. The molecule has 1 aromatic heterocycles. The van der Waals surface area contributed by atoms with Crippen molar-refractivity contribution in [3.05, 3.63) is 34.5 Å².